The lowest BCUT2D eigenvalue weighted by atomic mass is 10.1. The van der Waals surface area contributed by atoms with E-state index in [2.05, 4.69) is 116 Å². The van der Waals surface area contributed by atoms with Crippen molar-refractivity contribution < 1.29 is 4.79 Å². The number of rotatable bonds is 29. The van der Waals surface area contributed by atoms with Gasteiger partial charge in [0, 0.05) is 6.42 Å². The van der Waals surface area contributed by atoms with Gasteiger partial charge in [-0.15, -0.1) is 0 Å². The van der Waals surface area contributed by atoms with E-state index in [0.717, 1.165) is 122 Å². The van der Waals surface area contributed by atoms with Crippen LogP contribution in [0.5, 0.6) is 0 Å². The van der Waals surface area contributed by atoms with Crippen LogP contribution in [0.25, 0.3) is 0 Å². The third-order valence-electron chi connectivity index (χ3n) is 6.61. The van der Waals surface area contributed by atoms with E-state index in [9.17, 15) is 4.79 Å². The predicted octanol–water partition coefficient (Wildman–Crippen LogP) is 12.3. The van der Waals surface area contributed by atoms with Crippen molar-refractivity contribution in [1.29, 1.82) is 0 Å². The van der Waals surface area contributed by atoms with Crippen LogP contribution in [0.3, 0.4) is 0 Å². The topological polar surface area (TPSA) is 43.1 Å². The van der Waals surface area contributed by atoms with Gasteiger partial charge in [-0.05, 0) is 129 Å². The fourth-order valence-corrected chi connectivity index (χ4v) is 4.15. The second-order valence-corrected chi connectivity index (χ2v) is 10.7. The Hall–Kier alpha value is -2.87. The highest BCUT2D eigenvalue weighted by molar-refractivity contribution is 5.73. The van der Waals surface area contributed by atoms with Crippen LogP contribution in [0, 0.1) is 0 Å². The number of nitrogens with two attached hydrogens (primary N) is 1. The van der Waals surface area contributed by atoms with E-state index in [-0.39, 0.29) is 5.91 Å². The Bertz CT molecular complexity index is 847. The van der Waals surface area contributed by atoms with Crippen LogP contribution in [0.4, 0.5) is 0 Å². The molecule has 0 radical (unpaired) electrons. The minimum atomic E-state index is -0.194. The fourth-order valence-electron chi connectivity index (χ4n) is 4.15. The Morgan fingerprint density at radius 2 is 0.571 bits per heavy atom. The van der Waals surface area contributed by atoms with Gasteiger partial charge < -0.3 is 5.73 Å². The van der Waals surface area contributed by atoms with Gasteiger partial charge in [-0.1, -0.05) is 109 Å². The summed E-state index contributed by atoms with van der Waals surface area (Å²) in [6.07, 6.45) is 63.0. The molecule has 2 heteroatoms. The van der Waals surface area contributed by atoms with Crippen LogP contribution < -0.4 is 5.73 Å². The molecule has 234 valence electrons. The number of primary amides is 1. The molecular formula is C40H63NO. The van der Waals surface area contributed by atoms with E-state index in [4.69, 9.17) is 5.73 Å². The van der Waals surface area contributed by atoms with E-state index >= 15 is 0 Å². The molecule has 0 atom stereocenters. The Morgan fingerprint density at radius 1 is 0.357 bits per heavy atom. The molecule has 0 aromatic carbocycles. The number of amides is 1. The first-order valence-electron chi connectivity index (χ1n) is 16.9. The van der Waals surface area contributed by atoms with Crippen molar-refractivity contribution >= 4 is 5.91 Å². The van der Waals surface area contributed by atoms with Crippen molar-refractivity contribution in [2.75, 3.05) is 0 Å². The lowest BCUT2D eigenvalue weighted by Gasteiger charge is -1.94. The van der Waals surface area contributed by atoms with E-state index in [1.165, 1.54) is 0 Å². The summed E-state index contributed by atoms with van der Waals surface area (Å²) in [5.74, 6) is -0.194. The number of hydrogen-bond acceptors (Lipinski definition) is 1. The van der Waals surface area contributed by atoms with Gasteiger partial charge >= 0.3 is 0 Å². The predicted molar refractivity (Wildman–Crippen MR) is 189 cm³/mol. The maximum Gasteiger partial charge on any atom is 0.217 e. The molecule has 2 nitrogen and oxygen atoms in total. The zero-order valence-electron chi connectivity index (χ0n) is 27.0. The molecule has 0 fully saturated rings. The molecule has 42 heavy (non-hydrogen) atoms. The molecule has 0 bridgehead atoms. The van der Waals surface area contributed by atoms with Crippen LogP contribution in [0.2, 0.25) is 0 Å². The van der Waals surface area contributed by atoms with Crippen LogP contribution >= 0.6 is 0 Å². The van der Waals surface area contributed by atoms with Gasteiger partial charge in [0.1, 0.15) is 0 Å². The van der Waals surface area contributed by atoms with E-state index < -0.39 is 0 Å². The molecule has 0 saturated carbocycles. The Balaban J connectivity index is 3.45. The molecule has 0 saturated heterocycles. The zero-order valence-corrected chi connectivity index (χ0v) is 27.0. The lowest BCUT2D eigenvalue weighted by Crippen LogP contribution is -2.09. The Kier molecular flexibility index (Phi) is 33.7. The number of allylic oxidation sites excluding steroid dienone is 18. The van der Waals surface area contributed by atoms with Crippen molar-refractivity contribution in [3.8, 4) is 0 Å². The van der Waals surface area contributed by atoms with Crippen LogP contribution in [-0.2, 0) is 4.79 Å². The summed E-state index contributed by atoms with van der Waals surface area (Å²) >= 11 is 0. The highest BCUT2D eigenvalue weighted by Crippen LogP contribution is 2.05. The van der Waals surface area contributed by atoms with Gasteiger partial charge in [-0.25, -0.2) is 0 Å². The van der Waals surface area contributed by atoms with Crippen molar-refractivity contribution in [3.63, 3.8) is 0 Å². The van der Waals surface area contributed by atoms with Crippen LogP contribution in [-0.4, -0.2) is 5.91 Å². The monoisotopic (exact) mass is 573 g/mol. The number of carbonyl (C=O) groups excluding carboxylic acids is 1. The third kappa shape index (κ3) is 37.1. The number of carbonyl (C=O) groups is 1. The largest absolute Gasteiger partial charge is 0.370 e. The summed E-state index contributed by atoms with van der Waals surface area (Å²) in [5, 5.41) is 0. The number of hydrogen-bond donors (Lipinski definition) is 1. The summed E-state index contributed by atoms with van der Waals surface area (Å²) in [5.41, 5.74) is 5.14. The van der Waals surface area contributed by atoms with Crippen molar-refractivity contribution in [2.45, 2.75) is 135 Å². The summed E-state index contributed by atoms with van der Waals surface area (Å²) in [6, 6.07) is 0. The second kappa shape index (κ2) is 36.2. The maximum atomic E-state index is 10.7. The van der Waals surface area contributed by atoms with Crippen LogP contribution in [0.15, 0.2) is 109 Å². The van der Waals surface area contributed by atoms with Gasteiger partial charge in [0.05, 0.1) is 0 Å². The average molecular weight is 574 g/mol. The Labute approximate surface area is 260 Å². The molecule has 0 aromatic heterocycles. The van der Waals surface area contributed by atoms with Crippen molar-refractivity contribution in [1.82, 2.24) is 0 Å². The van der Waals surface area contributed by atoms with Gasteiger partial charge in [0.15, 0.2) is 0 Å². The second-order valence-electron chi connectivity index (χ2n) is 10.7. The standard InChI is InChI=1S/C40H63NO/c1-2-3-4-5-6-7-8-9-10-11-12-13-14-15-16-17-18-19-20-21-22-23-24-25-26-27-28-29-30-31-32-33-34-35-36-37-38-39-40(41)42/h2-3,6-7,10-11,14-15,18-19,22-23,26-27,30-31,34-35H,4-5,8-9,12-13,16-17,20-21,24-25,28-29,32-33,36-39H2,1H3,(H2,41,42)/b3-2+,7-6+,11-10+,15-14+,19-18+,23-22+,27-26+,31-30+,35-34+. The molecule has 0 aromatic rings. The number of unbranched alkanes of at least 4 members (excludes halogenated alkanes) is 10. The van der Waals surface area contributed by atoms with E-state index in [1.807, 2.05) is 0 Å². The van der Waals surface area contributed by atoms with Gasteiger partial charge in [-0.2, -0.15) is 0 Å². The molecule has 0 rings (SSSR count). The molecule has 0 spiro atoms. The summed E-state index contributed by atoms with van der Waals surface area (Å²) in [7, 11) is 0. The van der Waals surface area contributed by atoms with Gasteiger partial charge in [0.2, 0.25) is 5.91 Å². The summed E-state index contributed by atoms with van der Waals surface area (Å²) < 4.78 is 0. The Morgan fingerprint density at radius 3 is 0.786 bits per heavy atom. The molecular weight excluding hydrogens is 510 g/mol. The van der Waals surface area contributed by atoms with Crippen LogP contribution in [0.1, 0.15) is 135 Å². The van der Waals surface area contributed by atoms with Crippen molar-refractivity contribution in [2.24, 2.45) is 5.73 Å². The molecule has 0 aliphatic rings. The molecule has 0 aliphatic carbocycles. The minimum Gasteiger partial charge on any atom is -0.370 e. The zero-order chi connectivity index (χ0) is 30.4. The first kappa shape index (κ1) is 39.1. The smallest absolute Gasteiger partial charge is 0.217 e. The van der Waals surface area contributed by atoms with E-state index in [1.54, 1.807) is 0 Å². The molecule has 2 N–H and O–H groups in total. The summed E-state index contributed by atoms with van der Waals surface area (Å²) in [6.45, 7) is 2.08. The molecule has 0 unspecified atom stereocenters. The van der Waals surface area contributed by atoms with E-state index in [0.29, 0.717) is 6.42 Å². The lowest BCUT2D eigenvalue weighted by molar-refractivity contribution is -0.118. The average Bonchev–Trinajstić information content (AvgIpc) is 2.98. The molecule has 0 heterocycles. The molecule has 0 aliphatic heterocycles. The highest BCUT2D eigenvalue weighted by atomic mass is 16.1. The van der Waals surface area contributed by atoms with Gasteiger partial charge in [0.25, 0.3) is 0 Å². The minimum absolute atomic E-state index is 0.194. The summed E-state index contributed by atoms with van der Waals surface area (Å²) in [4.78, 5) is 10.7. The first-order valence-corrected chi connectivity index (χ1v) is 16.9. The highest BCUT2D eigenvalue weighted by Gasteiger charge is 1.92. The normalized spacial score (nSPS) is 13.2. The maximum absolute atomic E-state index is 10.7. The fraction of sp³-hybridized carbons (Fsp3) is 0.525. The molecule has 1 amide bonds. The SMILES string of the molecule is C/C=C/CC/C=C/CC/C=C/CC/C=C/CC/C=C/CC/C=C/CC/C=C/CC/C=C/CC/C=C/CCCCC(N)=O. The third-order valence-corrected chi connectivity index (χ3v) is 6.61. The quantitative estimate of drug-likeness (QED) is 0.0702. The van der Waals surface area contributed by atoms with Gasteiger partial charge in [-0.3, -0.25) is 4.79 Å². The first-order chi connectivity index (χ1) is 20.8. The van der Waals surface area contributed by atoms with Crippen molar-refractivity contribution in [3.05, 3.63) is 109 Å².